The van der Waals surface area contributed by atoms with E-state index in [9.17, 15) is 19.2 Å². The van der Waals surface area contributed by atoms with Gasteiger partial charge in [0.1, 0.15) is 0 Å². The molecule has 0 unspecified atom stereocenters. The minimum atomic E-state index is -1.39. The molecule has 1 N–H and O–H groups in total. The van der Waals surface area contributed by atoms with Crippen molar-refractivity contribution in [2.75, 3.05) is 0 Å². The maximum absolute atomic E-state index is 12.0. The molecule has 0 aliphatic rings. The summed E-state index contributed by atoms with van der Waals surface area (Å²) in [6.07, 6.45) is -2.51. The van der Waals surface area contributed by atoms with Crippen molar-refractivity contribution in [2.45, 2.75) is 39.4 Å². The third-order valence-electron chi connectivity index (χ3n) is 2.97. The quantitative estimate of drug-likeness (QED) is 0.299. The van der Waals surface area contributed by atoms with Crippen LogP contribution in [0.1, 0.15) is 32.8 Å². The smallest absolute Gasteiger partial charge is 0.451 e. The van der Waals surface area contributed by atoms with E-state index in [0.29, 0.717) is 0 Å². The molecule has 0 fully saturated rings. The van der Waals surface area contributed by atoms with Gasteiger partial charge in [0.15, 0.2) is 11.7 Å². The summed E-state index contributed by atoms with van der Waals surface area (Å²) in [5, 5.41) is 0.135. The van der Waals surface area contributed by atoms with E-state index >= 15 is 0 Å². The Kier molecular flexibility index (Phi) is 8.33. The average Bonchev–Trinajstić information content (AvgIpc) is 2.53. The van der Waals surface area contributed by atoms with Crippen LogP contribution in [-0.4, -0.2) is 40.9 Å². The molecule has 0 spiro atoms. The van der Waals surface area contributed by atoms with Gasteiger partial charge in [0.2, 0.25) is 6.10 Å². The Morgan fingerprint density at radius 3 is 2.00 bits per heavy atom. The van der Waals surface area contributed by atoms with Gasteiger partial charge in [0.25, 0.3) is 0 Å². The second-order valence-electron chi connectivity index (χ2n) is 5.04. The van der Waals surface area contributed by atoms with Crippen LogP contribution in [-0.2, 0) is 28.6 Å². The van der Waals surface area contributed by atoms with Crippen molar-refractivity contribution in [3.63, 3.8) is 0 Å². The van der Waals surface area contributed by atoms with Gasteiger partial charge in [-0.1, -0.05) is 41.7 Å². The highest BCUT2D eigenvalue weighted by Crippen LogP contribution is 2.29. The van der Waals surface area contributed by atoms with Crippen LogP contribution in [0.25, 0.3) is 0 Å². The molecule has 1 aromatic carbocycles. The predicted molar refractivity (Wildman–Crippen MR) is 95.0 cm³/mol. The summed E-state index contributed by atoms with van der Waals surface area (Å²) in [5.41, 5.74) is -0.144. The summed E-state index contributed by atoms with van der Waals surface area (Å²) in [4.78, 5) is 44.8. The number of hydrogen-bond acceptors (Lipinski definition) is 6. The fourth-order valence-corrected chi connectivity index (χ4v) is 2.60. The first-order valence-corrected chi connectivity index (χ1v) is 8.52. The van der Waals surface area contributed by atoms with E-state index in [1.165, 1.54) is 26.0 Å². The Labute approximate surface area is 164 Å². The fourth-order valence-electron chi connectivity index (χ4n) is 1.62. The molecular weight excluding hydrogens is 411 g/mol. The standard InChI is InChI=1S/C16H15Cl3O7/c1-4-12(20)24-7(2)14(21)25-8(3)15(22)26-16(23)13-10(18)5-9(17)6-11(13)19/h5-8H,4H2,1-3H3/p+1/t7-,8-/m0/s1. The van der Waals surface area contributed by atoms with Gasteiger partial charge in [-0.2, -0.15) is 0 Å². The van der Waals surface area contributed by atoms with E-state index < -0.39 is 36.1 Å². The van der Waals surface area contributed by atoms with Crippen molar-refractivity contribution >= 4 is 58.7 Å². The van der Waals surface area contributed by atoms with Gasteiger partial charge in [-0.25, -0.2) is 14.3 Å². The van der Waals surface area contributed by atoms with Gasteiger partial charge in [0.05, 0.1) is 10.0 Å². The highest BCUT2D eigenvalue weighted by atomic mass is 35.5. The van der Waals surface area contributed by atoms with Gasteiger partial charge < -0.3 is 14.3 Å². The van der Waals surface area contributed by atoms with Gasteiger partial charge >= 0.3 is 23.9 Å². The molecule has 0 radical (unpaired) electrons. The zero-order valence-corrected chi connectivity index (χ0v) is 16.3. The first-order valence-electron chi connectivity index (χ1n) is 7.39. The van der Waals surface area contributed by atoms with E-state index in [1.54, 1.807) is 6.92 Å². The summed E-state index contributed by atoms with van der Waals surface area (Å²) in [5.74, 6) is -3.51. The van der Waals surface area contributed by atoms with E-state index in [-0.39, 0.29) is 27.1 Å². The molecular formula is C16H16Cl3O7+. The molecule has 2 atom stereocenters. The van der Waals surface area contributed by atoms with E-state index in [1.807, 2.05) is 0 Å². The molecule has 0 saturated heterocycles. The largest absolute Gasteiger partial charge is 0.529 e. The zero-order valence-electron chi connectivity index (χ0n) is 14.0. The number of ether oxygens (including phenoxy) is 3. The zero-order chi connectivity index (χ0) is 20.0. The second kappa shape index (κ2) is 9.75. The van der Waals surface area contributed by atoms with E-state index in [2.05, 4.69) is 0 Å². The Bertz CT molecular complexity index is 710. The van der Waals surface area contributed by atoms with Crippen LogP contribution in [0, 0.1) is 0 Å². The van der Waals surface area contributed by atoms with E-state index in [4.69, 9.17) is 49.0 Å². The third kappa shape index (κ3) is 6.16. The van der Waals surface area contributed by atoms with Crippen LogP contribution in [0.15, 0.2) is 12.1 Å². The van der Waals surface area contributed by atoms with Gasteiger partial charge in [-0.3, -0.25) is 4.79 Å². The normalized spacial score (nSPS) is 12.7. The second-order valence-corrected chi connectivity index (χ2v) is 6.29. The van der Waals surface area contributed by atoms with Gasteiger partial charge in [-0.15, -0.1) is 0 Å². The molecule has 0 aliphatic heterocycles. The van der Waals surface area contributed by atoms with Crippen LogP contribution in [0.4, 0.5) is 0 Å². The number of esters is 4. The highest BCUT2D eigenvalue weighted by Gasteiger charge is 2.34. The molecule has 26 heavy (non-hydrogen) atoms. The first-order chi connectivity index (χ1) is 12.1. The van der Waals surface area contributed by atoms with Crippen LogP contribution in [0.2, 0.25) is 15.1 Å². The monoisotopic (exact) mass is 425 g/mol. The minimum Gasteiger partial charge on any atom is -0.451 e. The first kappa shape index (κ1) is 22.2. The number of rotatable bonds is 6. The number of carbonyl (C=O) groups excluding carboxylic acids is 4. The minimum absolute atomic E-state index is 0.0439. The maximum atomic E-state index is 12.0. The molecule has 0 bridgehead atoms. The summed E-state index contributed by atoms with van der Waals surface area (Å²) in [6, 6.07) is 2.59. The average molecular weight is 427 g/mol. The topological polar surface area (TPSA) is 100 Å². The Balaban J connectivity index is 2.71. The van der Waals surface area contributed by atoms with Crippen molar-refractivity contribution in [1.29, 1.82) is 0 Å². The number of halogens is 3. The molecule has 0 aromatic heterocycles. The lowest BCUT2D eigenvalue weighted by molar-refractivity contribution is -0.174. The molecule has 142 valence electrons. The van der Waals surface area contributed by atoms with Gasteiger partial charge in [0, 0.05) is 11.4 Å². The predicted octanol–water partition coefficient (Wildman–Crippen LogP) is 3.31. The molecule has 0 heterocycles. The molecule has 10 heteroatoms. The number of hydrogen-bond donors (Lipinski definition) is 0. The highest BCUT2D eigenvalue weighted by molar-refractivity contribution is 6.42. The maximum Gasteiger partial charge on any atom is 0.529 e. The van der Waals surface area contributed by atoms with Crippen LogP contribution >= 0.6 is 34.8 Å². The summed E-state index contributed by atoms with van der Waals surface area (Å²) in [7, 11) is 0. The Morgan fingerprint density at radius 2 is 1.50 bits per heavy atom. The summed E-state index contributed by atoms with van der Waals surface area (Å²) in [6.45, 7) is 4.07. The molecule has 1 aromatic rings. The van der Waals surface area contributed by atoms with Crippen molar-refractivity contribution in [2.24, 2.45) is 0 Å². The molecule has 7 nitrogen and oxygen atoms in total. The van der Waals surface area contributed by atoms with Gasteiger partial charge in [-0.05, 0) is 26.0 Å². The lowest BCUT2D eigenvalue weighted by Gasteiger charge is -2.14. The van der Waals surface area contributed by atoms with Crippen molar-refractivity contribution in [3.05, 3.63) is 32.8 Å². The fraction of sp³-hybridized carbons (Fsp3) is 0.375. The lowest BCUT2D eigenvalue weighted by atomic mass is 10.2. The number of carbonyl (C=O) groups is 3. The van der Waals surface area contributed by atoms with Crippen molar-refractivity contribution < 1.29 is 33.4 Å². The van der Waals surface area contributed by atoms with E-state index in [0.717, 1.165) is 0 Å². The number of benzene rings is 1. The SMILES string of the molecule is CCC(=O)O[C@@H](C)C(=O)O[C@@H](C)C(=O)OC(=[OH+])c1c(Cl)cc(Cl)cc1Cl. The Morgan fingerprint density at radius 1 is 1.00 bits per heavy atom. The summed E-state index contributed by atoms with van der Waals surface area (Å²) < 4.78 is 14.3. The third-order valence-corrected chi connectivity index (χ3v) is 3.79. The van der Waals surface area contributed by atoms with Crippen LogP contribution < -0.4 is 0 Å². The Hall–Kier alpha value is -1.83. The van der Waals surface area contributed by atoms with Crippen LogP contribution in [0.3, 0.4) is 0 Å². The van der Waals surface area contributed by atoms with Crippen molar-refractivity contribution in [3.8, 4) is 0 Å². The molecule has 1 rings (SSSR count). The summed E-state index contributed by atoms with van der Waals surface area (Å²) >= 11 is 17.6. The lowest BCUT2D eigenvalue weighted by Crippen LogP contribution is -2.34. The molecule has 0 amide bonds. The molecule has 0 aliphatic carbocycles. The van der Waals surface area contributed by atoms with Crippen LogP contribution in [0.5, 0.6) is 0 Å². The molecule has 0 saturated carbocycles. The van der Waals surface area contributed by atoms with Crippen molar-refractivity contribution in [1.82, 2.24) is 0 Å².